The molecule has 0 aliphatic carbocycles. The van der Waals surface area contributed by atoms with Crippen molar-refractivity contribution < 1.29 is 4.79 Å². The van der Waals surface area contributed by atoms with Crippen molar-refractivity contribution in [1.29, 1.82) is 0 Å². The average molecular weight is 335 g/mol. The Balaban J connectivity index is 2.08. The lowest BCUT2D eigenvalue weighted by molar-refractivity contribution is 0.0951. The third-order valence-corrected chi connectivity index (χ3v) is 3.20. The first-order valence-corrected chi connectivity index (χ1v) is 6.92. The fourth-order valence-electron chi connectivity index (χ4n) is 1.69. The highest BCUT2D eigenvalue weighted by atomic mass is 79.9. The minimum atomic E-state index is -0.177. The number of aromatic nitrogens is 2. The third kappa shape index (κ3) is 3.54. The number of nitrogens with one attached hydrogen (secondary N) is 2. The molecule has 104 valence electrons. The van der Waals surface area contributed by atoms with E-state index in [-0.39, 0.29) is 5.91 Å². The number of hydrogen-bond acceptors (Lipinski definition) is 4. The molecule has 2 aromatic rings. The minimum absolute atomic E-state index is 0.177. The molecule has 0 spiro atoms. The molecule has 0 aromatic carbocycles. The highest BCUT2D eigenvalue weighted by Crippen LogP contribution is 2.17. The van der Waals surface area contributed by atoms with E-state index >= 15 is 0 Å². The van der Waals surface area contributed by atoms with Crippen molar-refractivity contribution in [2.24, 2.45) is 0 Å². The highest BCUT2D eigenvalue weighted by Gasteiger charge is 2.12. The molecule has 0 aliphatic rings. The number of anilines is 1. The predicted molar refractivity (Wildman–Crippen MR) is 81.6 cm³/mol. The largest absolute Gasteiger partial charge is 0.372 e. The maximum atomic E-state index is 12.2. The SMILES string of the molecule is CNc1ncc(Br)cc1C(=O)NCc1ccc(C)nc1. The van der Waals surface area contributed by atoms with Crippen LogP contribution in [0.2, 0.25) is 0 Å². The van der Waals surface area contributed by atoms with Gasteiger partial charge in [-0.05, 0) is 40.5 Å². The summed E-state index contributed by atoms with van der Waals surface area (Å²) in [6, 6.07) is 5.60. The number of hydrogen-bond donors (Lipinski definition) is 2. The lowest BCUT2D eigenvalue weighted by Gasteiger charge is -2.09. The molecule has 2 N–H and O–H groups in total. The van der Waals surface area contributed by atoms with Crippen LogP contribution in [0.1, 0.15) is 21.6 Å². The van der Waals surface area contributed by atoms with Gasteiger partial charge in [0, 0.05) is 36.2 Å². The fraction of sp³-hybridized carbons (Fsp3) is 0.214. The second kappa shape index (κ2) is 6.47. The maximum absolute atomic E-state index is 12.2. The van der Waals surface area contributed by atoms with Gasteiger partial charge in [0.05, 0.1) is 5.56 Å². The standard InChI is InChI=1S/C14H15BrN4O/c1-9-3-4-10(6-17-9)7-19-14(20)12-5-11(15)8-18-13(12)16-2/h3-6,8H,7H2,1-2H3,(H,16,18)(H,19,20). The Kier molecular flexibility index (Phi) is 4.68. The molecule has 20 heavy (non-hydrogen) atoms. The van der Waals surface area contributed by atoms with Gasteiger partial charge < -0.3 is 10.6 Å². The normalized spacial score (nSPS) is 10.2. The number of pyridine rings is 2. The number of amides is 1. The Morgan fingerprint density at radius 2 is 2.10 bits per heavy atom. The van der Waals surface area contributed by atoms with Crippen molar-refractivity contribution in [1.82, 2.24) is 15.3 Å². The number of carbonyl (C=O) groups excluding carboxylic acids is 1. The number of nitrogens with zero attached hydrogens (tertiary/aromatic N) is 2. The van der Waals surface area contributed by atoms with Gasteiger partial charge in [-0.1, -0.05) is 6.07 Å². The molecule has 6 heteroatoms. The topological polar surface area (TPSA) is 66.9 Å². The average Bonchev–Trinajstić information content (AvgIpc) is 2.46. The van der Waals surface area contributed by atoms with Crippen LogP contribution in [-0.2, 0) is 6.54 Å². The summed E-state index contributed by atoms with van der Waals surface area (Å²) in [6.07, 6.45) is 3.40. The van der Waals surface area contributed by atoms with E-state index in [9.17, 15) is 4.79 Å². The van der Waals surface area contributed by atoms with Crippen LogP contribution in [-0.4, -0.2) is 22.9 Å². The Morgan fingerprint density at radius 1 is 1.30 bits per heavy atom. The molecule has 0 bridgehead atoms. The zero-order valence-electron chi connectivity index (χ0n) is 11.3. The Labute approximate surface area is 126 Å². The molecule has 2 aromatic heterocycles. The molecular weight excluding hydrogens is 320 g/mol. The zero-order valence-corrected chi connectivity index (χ0v) is 12.9. The minimum Gasteiger partial charge on any atom is -0.372 e. The van der Waals surface area contributed by atoms with Crippen LogP contribution in [0.15, 0.2) is 35.1 Å². The number of halogens is 1. The van der Waals surface area contributed by atoms with Gasteiger partial charge in [0.2, 0.25) is 0 Å². The fourth-order valence-corrected chi connectivity index (χ4v) is 2.02. The van der Waals surface area contributed by atoms with E-state index in [1.165, 1.54) is 0 Å². The molecule has 0 aliphatic heterocycles. The van der Waals surface area contributed by atoms with Crippen molar-refractivity contribution in [3.63, 3.8) is 0 Å². The van der Waals surface area contributed by atoms with Crippen molar-refractivity contribution in [2.75, 3.05) is 12.4 Å². The molecule has 2 heterocycles. The monoisotopic (exact) mass is 334 g/mol. The molecule has 0 unspecified atom stereocenters. The summed E-state index contributed by atoms with van der Waals surface area (Å²) in [5.74, 6) is 0.372. The van der Waals surface area contributed by atoms with Gasteiger partial charge in [-0.2, -0.15) is 0 Å². The van der Waals surface area contributed by atoms with Crippen LogP contribution in [0.25, 0.3) is 0 Å². The van der Waals surface area contributed by atoms with E-state index in [0.29, 0.717) is 17.9 Å². The summed E-state index contributed by atoms with van der Waals surface area (Å²) < 4.78 is 0.763. The van der Waals surface area contributed by atoms with Crippen LogP contribution >= 0.6 is 15.9 Å². The van der Waals surface area contributed by atoms with E-state index in [1.54, 1.807) is 25.5 Å². The van der Waals surface area contributed by atoms with Gasteiger partial charge in [-0.25, -0.2) is 4.98 Å². The van der Waals surface area contributed by atoms with Gasteiger partial charge >= 0.3 is 0 Å². The molecule has 0 saturated heterocycles. The summed E-state index contributed by atoms with van der Waals surface area (Å²) >= 11 is 3.32. The Hall–Kier alpha value is -1.95. The van der Waals surface area contributed by atoms with Crippen molar-refractivity contribution in [3.8, 4) is 0 Å². The van der Waals surface area contributed by atoms with Gasteiger partial charge in [0.25, 0.3) is 5.91 Å². The first-order valence-electron chi connectivity index (χ1n) is 6.13. The quantitative estimate of drug-likeness (QED) is 0.901. The molecule has 0 radical (unpaired) electrons. The summed E-state index contributed by atoms with van der Waals surface area (Å²) in [5.41, 5.74) is 2.41. The van der Waals surface area contributed by atoms with Gasteiger partial charge in [-0.3, -0.25) is 9.78 Å². The second-order valence-electron chi connectivity index (χ2n) is 4.29. The number of aryl methyl sites for hydroxylation is 1. The Morgan fingerprint density at radius 3 is 2.75 bits per heavy atom. The molecule has 0 saturated carbocycles. The highest BCUT2D eigenvalue weighted by molar-refractivity contribution is 9.10. The van der Waals surface area contributed by atoms with Gasteiger partial charge in [0.1, 0.15) is 5.82 Å². The molecular formula is C14H15BrN4O. The van der Waals surface area contributed by atoms with E-state index in [0.717, 1.165) is 15.7 Å². The van der Waals surface area contributed by atoms with E-state index < -0.39 is 0 Å². The summed E-state index contributed by atoms with van der Waals surface area (Å²) in [4.78, 5) is 20.5. The van der Waals surface area contributed by atoms with Gasteiger partial charge in [-0.15, -0.1) is 0 Å². The van der Waals surface area contributed by atoms with E-state index in [2.05, 4.69) is 36.5 Å². The first kappa shape index (κ1) is 14.5. The maximum Gasteiger partial charge on any atom is 0.255 e. The molecule has 2 rings (SSSR count). The summed E-state index contributed by atoms with van der Waals surface area (Å²) in [7, 11) is 1.73. The van der Waals surface area contributed by atoms with E-state index in [4.69, 9.17) is 0 Å². The summed E-state index contributed by atoms with van der Waals surface area (Å²) in [5, 5.41) is 5.76. The Bertz CT molecular complexity index is 613. The van der Waals surface area contributed by atoms with Crippen LogP contribution < -0.4 is 10.6 Å². The first-order chi connectivity index (χ1) is 9.60. The lowest BCUT2D eigenvalue weighted by Crippen LogP contribution is -2.24. The summed E-state index contributed by atoms with van der Waals surface area (Å²) in [6.45, 7) is 2.36. The van der Waals surface area contributed by atoms with Crippen LogP contribution in [0, 0.1) is 6.92 Å². The smallest absolute Gasteiger partial charge is 0.255 e. The van der Waals surface area contributed by atoms with Gasteiger partial charge in [0.15, 0.2) is 0 Å². The molecule has 0 fully saturated rings. The zero-order chi connectivity index (χ0) is 14.5. The third-order valence-electron chi connectivity index (χ3n) is 2.76. The lowest BCUT2D eigenvalue weighted by atomic mass is 10.2. The van der Waals surface area contributed by atoms with Crippen LogP contribution in [0.3, 0.4) is 0 Å². The number of carbonyl (C=O) groups is 1. The number of rotatable bonds is 4. The van der Waals surface area contributed by atoms with Crippen molar-refractivity contribution in [3.05, 3.63) is 51.9 Å². The molecule has 5 nitrogen and oxygen atoms in total. The molecule has 0 atom stereocenters. The second-order valence-corrected chi connectivity index (χ2v) is 5.21. The van der Waals surface area contributed by atoms with Crippen molar-refractivity contribution in [2.45, 2.75) is 13.5 Å². The van der Waals surface area contributed by atoms with Crippen molar-refractivity contribution >= 4 is 27.7 Å². The van der Waals surface area contributed by atoms with E-state index in [1.807, 2.05) is 19.1 Å². The van der Waals surface area contributed by atoms with Crippen LogP contribution in [0.4, 0.5) is 5.82 Å². The molecule has 1 amide bonds. The van der Waals surface area contributed by atoms with Crippen LogP contribution in [0.5, 0.6) is 0 Å². The predicted octanol–water partition coefficient (Wildman–Crippen LogP) is 2.52.